The zero-order chi connectivity index (χ0) is 10.4. The van der Waals surface area contributed by atoms with E-state index in [1.807, 2.05) is 18.4 Å². The summed E-state index contributed by atoms with van der Waals surface area (Å²) < 4.78 is 0. The summed E-state index contributed by atoms with van der Waals surface area (Å²) in [7, 11) is 0. The van der Waals surface area contributed by atoms with Gasteiger partial charge in [-0.2, -0.15) is 5.10 Å². The molecule has 76 valence electrons. The molecule has 1 heterocycles. The van der Waals surface area contributed by atoms with E-state index in [1.54, 1.807) is 6.07 Å². The third-order valence-corrected chi connectivity index (χ3v) is 2.57. The van der Waals surface area contributed by atoms with Gasteiger partial charge in [0.2, 0.25) is 0 Å². The van der Waals surface area contributed by atoms with Crippen LogP contribution in [0.1, 0.15) is 36.4 Å². The molecule has 0 atom stereocenters. The predicted molar refractivity (Wildman–Crippen MR) is 59.8 cm³/mol. The molecule has 3 nitrogen and oxygen atoms in total. The number of nitrogens with one attached hydrogen (secondary N) is 1. The van der Waals surface area contributed by atoms with Crippen LogP contribution in [0.2, 0.25) is 0 Å². The highest BCUT2D eigenvalue weighted by Crippen LogP contribution is 2.07. The lowest BCUT2D eigenvalue weighted by Gasteiger charge is -1.98. The average molecular weight is 210 g/mol. The quantitative estimate of drug-likeness (QED) is 0.602. The molecule has 0 aliphatic heterocycles. The van der Waals surface area contributed by atoms with Gasteiger partial charge in [-0.15, -0.1) is 11.3 Å². The van der Waals surface area contributed by atoms with Crippen molar-refractivity contribution in [3.8, 4) is 0 Å². The Morgan fingerprint density at radius 3 is 3.00 bits per heavy atom. The Morgan fingerprint density at radius 1 is 1.64 bits per heavy atom. The summed E-state index contributed by atoms with van der Waals surface area (Å²) in [5, 5.41) is 5.87. The van der Waals surface area contributed by atoms with Crippen molar-refractivity contribution in [2.45, 2.75) is 26.7 Å². The molecular formula is C10H14N2OS. The van der Waals surface area contributed by atoms with Gasteiger partial charge in [-0.3, -0.25) is 4.79 Å². The molecule has 1 aromatic heterocycles. The molecule has 0 radical (unpaired) electrons. The maximum absolute atomic E-state index is 11.4. The van der Waals surface area contributed by atoms with Crippen LogP contribution in [0.15, 0.2) is 22.6 Å². The van der Waals surface area contributed by atoms with E-state index >= 15 is 0 Å². The number of nitrogens with zero attached hydrogens (tertiary/aromatic N) is 1. The molecular weight excluding hydrogens is 196 g/mol. The Kier molecular flexibility index (Phi) is 4.32. The molecule has 0 bridgehead atoms. The van der Waals surface area contributed by atoms with Gasteiger partial charge in [-0.05, 0) is 24.8 Å². The van der Waals surface area contributed by atoms with Crippen LogP contribution in [0.5, 0.6) is 0 Å². The SMILES string of the molecule is CCC/C(C)=N\NC(=O)c1cccs1. The lowest BCUT2D eigenvalue weighted by atomic mass is 10.2. The zero-order valence-corrected chi connectivity index (χ0v) is 9.23. The lowest BCUT2D eigenvalue weighted by Crippen LogP contribution is -2.17. The molecule has 0 fully saturated rings. The fourth-order valence-electron chi connectivity index (χ4n) is 1.03. The predicted octanol–water partition coefficient (Wildman–Crippen LogP) is 2.65. The average Bonchev–Trinajstić information content (AvgIpc) is 2.67. The summed E-state index contributed by atoms with van der Waals surface area (Å²) in [6, 6.07) is 3.63. The number of carbonyl (C=O) groups excluding carboxylic acids is 1. The van der Waals surface area contributed by atoms with Crippen molar-refractivity contribution in [1.82, 2.24) is 5.43 Å². The first-order chi connectivity index (χ1) is 6.74. The van der Waals surface area contributed by atoms with E-state index in [0.29, 0.717) is 4.88 Å². The van der Waals surface area contributed by atoms with Crippen LogP contribution in [-0.4, -0.2) is 11.6 Å². The molecule has 1 N–H and O–H groups in total. The van der Waals surface area contributed by atoms with Crippen molar-refractivity contribution in [2.75, 3.05) is 0 Å². The zero-order valence-electron chi connectivity index (χ0n) is 8.41. The molecule has 0 aromatic carbocycles. The lowest BCUT2D eigenvalue weighted by molar-refractivity contribution is 0.0958. The summed E-state index contributed by atoms with van der Waals surface area (Å²) in [5.41, 5.74) is 3.49. The van der Waals surface area contributed by atoms with Crippen molar-refractivity contribution >= 4 is 23.0 Å². The van der Waals surface area contributed by atoms with E-state index < -0.39 is 0 Å². The number of amides is 1. The number of hydrogen-bond acceptors (Lipinski definition) is 3. The van der Waals surface area contributed by atoms with Gasteiger partial charge in [0.05, 0.1) is 4.88 Å². The topological polar surface area (TPSA) is 41.5 Å². The van der Waals surface area contributed by atoms with E-state index in [9.17, 15) is 4.79 Å². The maximum atomic E-state index is 11.4. The smallest absolute Gasteiger partial charge is 0.266 e. The van der Waals surface area contributed by atoms with E-state index in [4.69, 9.17) is 0 Å². The number of hydrogen-bond donors (Lipinski definition) is 1. The Labute approximate surface area is 87.8 Å². The van der Waals surface area contributed by atoms with E-state index in [1.165, 1.54) is 11.3 Å². The molecule has 4 heteroatoms. The Bertz CT molecular complexity index is 317. The minimum atomic E-state index is -0.129. The first-order valence-corrected chi connectivity index (χ1v) is 5.49. The van der Waals surface area contributed by atoms with Gasteiger partial charge >= 0.3 is 0 Å². The van der Waals surface area contributed by atoms with Crippen LogP contribution in [0.3, 0.4) is 0 Å². The van der Waals surface area contributed by atoms with Gasteiger partial charge in [0.15, 0.2) is 0 Å². The van der Waals surface area contributed by atoms with Crippen LogP contribution in [0.4, 0.5) is 0 Å². The van der Waals surface area contributed by atoms with Gasteiger partial charge in [-0.1, -0.05) is 19.4 Å². The van der Waals surface area contributed by atoms with Crippen LogP contribution in [0.25, 0.3) is 0 Å². The third kappa shape index (κ3) is 3.30. The molecule has 0 spiro atoms. The van der Waals surface area contributed by atoms with E-state index in [-0.39, 0.29) is 5.91 Å². The third-order valence-electron chi connectivity index (χ3n) is 1.71. The Balaban J connectivity index is 2.46. The van der Waals surface area contributed by atoms with Gasteiger partial charge in [-0.25, -0.2) is 5.43 Å². The summed E-state index contributed by atoms with van der Waals surface area (Å²) in [4.78, 5) is 12.1. The second kappa shape index (κ2) is 5.54. The second-order valence-corrected chi connectivity index (χ2v) is 3.96. The number of carbonyl (C=O) groups is 1. The Morgan fingerprint density at radius 2 is 2.43 bits per heavy atom. The van der Waals surface area contributed by atoms with Crippen molar-refractivity contribution in [3.63, 3.8) is 0 Å². The summed E-state index contributed by atoms with van der Waals surface area (Å²) >= 11 is 1.41. The van der Waals surface area contributed by atoms with Gasteiger partial charge in [0.25, 0.3) is 5.91 Å². The first-order valence-electron chi connectivity index (χ1n) is 4.61. The van der Waals surface area contributed by atoms with Gasteiger partial charge < -0.3 is 0 Å². The van der Waals surface area contributed by atoms with E-state index in [2.05, 4.69) is 17.5 Å². The molecule has 0 unspecified atom stereocenters. The molecule has 1 rings (SSSR count). The molecule has 0 saturated carbocycles. The second-order valence-electron chi connectivity index (χ2n) is 3.02. The molecule has 0 saturated heterocycles. The first kappa shape index (κ1) is 10.9. The van der Waals surface area contributed by atoms with Crippen LogP contribution >= 0.6 is 11.3 Å². The fraction of sp³-hybridized carbons (Fsp3) is 0.400. The summed E-state index contributed by atoms with van der Waals surface area (Å²) in [6.07, 6.45) is 1.97. The van der Waals surface area contributed by atoms with Crippen molar-refractivity contribution in [2.24, 2.45) is 5.10 Å². The van der Waals surface area contributed by atoms with Crippen LogP contribution < -0.4 is 5.43 Å². The minimum absolute atomic E-state index is 0.129. The molecule has 0 aliphatic rings. The minimum Gasteiger partial charge on any atom is -0.266 e. The summed E-state index contributed by atoms with van der Waals surface area (Å²) in [6.45, 7) is 4.00. The van der Waals surface area contributed by atoms with Gasteiger partial charge in [0, 0.05) is 5.71 Å². The van der Waals surface area contributed by atoms with Crippen molar-refractivity contribution in [3.05, 3.63) is 22.4 Å². The number of hydrazone groups is 1. The van der Waals surface area contributed by atoms with E-state index in [0.717, 1.165) is 18.6 Å². The maximum Gasteiger partial charge on any atom is 0.281 e. The van der Waals surface area contributed by atoms with Crippen molar-refractivity contribution in [1.29, 1.82) is 0 Å². The molecule has 14 heavy (non-hydrogen) atoms. The van der Waals surface area contributed by atoms with Gasteiger partial charge in [0.1, 0.15) is 0 Å². The van der Waals surface area contributed by atoms with Crippen LogP contribution in [-0.2, 0) is 0 Å². The standard InChI is InChI=1S/C10H14N2OS/c1-3-5-8(2)11-12-10(13)9-6-4-7-14-9/h4,6-7H,3,5H2,1-2H3,(H,12,13)/b11-8-. The highest BCUT2D eigenvalue weighted by atomic mass is 32.1. The highest BCUT2D eigenvalue weighted by molar-refractivity contribution is 7.12. The molecule has 1 aromatic rings. The number of rotatable bonds is 4. The highest BCUT2D eigenvalue weighted by Gasteiger charge is 2.03. The largest absolute Gasteiger partial charge is 0.281 e. The Hall–Kier alpha value is -1.16. The molecule has 1 amide bonds. The fourth-order valence-corrected chi connectivity index (χ4v) is 1.64. The van der Waals surface area contributed by atoms with Crippen LogP contribution in [0, 0.1) is 0 Å². The molecule has 0 aliphatic carbocycles. The monoisotopic (exact) mass is 210 g/mol. The number of thiophene rings is 1. The van der Waals surface area contributed by atoms with Crippen molar-refractivity contribution < 1.29 is 4.79 Å². The summed E-state index contributed by atoms with van der Waals surface area (Å²) in [5.74, 6) is -0.129. The normalized spacial score (nSPS) is 11.4.